The van der Waals surface area contributed by atoms with Crippen LogP contribution in [0.15, 0.2) is 29.2 Å². The van der Waals surface area contributed by atoms with Crippen molar-refractivity contribution < 1.29 is 0 Å². The second kappa shape index (κ2) is 8.96. The van der Waals surface area contributed by atoms with Crippen molar-refractivity contribution in [1.29, 1.82) is 0 Å². The third kappa shape index (κ3) is 5.31. The zero-order chi connectivity index (χ0) is 14.2. The molecule has 1 aromatic rings. The highest BCUT2D eigenvalue weighted by molar-refractivity contribution is 7.99. The van der Waals surface area contributed by atoms with Gasteiger partial charge < -0.3 is 5.32 Å². The summed E-state index contributed by atoms with van der Waals surface area (Å²) < 4.78 is 0. The summed E-state index contributed by atoms with van der Waals surface area (Å²) in [7, 11) is 0. The molecular weight excluding hydrogens is 286 g/mol. The molecule has 0 aromatic heterocycles. The first kappa shape index (κ1) is 16.2. The average Bonchev–Trinajstić information content (AvgIpc) is 2.48. The van der Waals surface area contributed by atoms with Crippen LogP contribution in [0.3, 0.4) is 0 Å². The van der Waals surface area contributed by atoms with Gasteiger partial charge in [-0.1, -0.05) is 43.9 Å². The molecule has 1 saturated carbocycles. The standard InChI is InChI=1S/C17H26ClNS/c1-2-11-19-17(14-7-4-3-5-8-14)13-20-16-10-6-9-15(18)12-16/h6,9-10,12,14,17,19H,2-5,7-8,11,13H2,1H3. The molecule has 0 spiro atoms. The van der Waals surface area contributed by atoms with E-state index in [1.807, 2.05) is 23.9 Å². The van der Waals surface area contributed by atoms with Crippen LogP contribution in [0.2, 0.25) is 5.02 Å². The SMILES string of the molecule is CCCNC(CSc1cccc(Cl)c1)C1CCCCC1. The summed E-state index contributed by atoms with van der Waals surface area (Å²) >= 11 is 8.00. The van der Waals surface area contributed by atoms with E-state index in [1.54, 1.807) is 0 Å². The lowest BCUT2D eigenvalue weighted by molar-refractivity contribution is 0.285. The number of nitrogens with one attached hydrogen (secondary N) is 1. The van der Waals surface area contributed by atoms with E-state index in [4.69, 9.17) is 11.6 Å². The third-order valence-electron chi connectivity index (χ3n) is 4.10. The first-order valence-corrected chi connectivity index (χ1v) is 9.27. The van der Waals surface area contributed by atoms with Gasteiger partial charge in [0.15, 0.2) is 0 Å². The summed E-state index contributed by atoms with van der Waals surface area (Å²) in [4.78, 5) is 1.29. The predicted molar refractivity (Wildman–Crippen MR) is 90.8 cm³/mol. The van der Waals surface area contributed by atoms with Crippen molar-refractivity contribution in [3.63, 3.8) is 0 Å². The Balaban J connectivity index is 1.89. The van der Waals surface area contributed by atoms with Crippen LogP contribution in [0.25, 0.3) is 0 Å². The van der Waals surface area contributed by atoms with Gasteiger partial charge >= 0.3 is 0 Å². The zero-order valence-corrected chi connectivity index (χ0v) is 14.0. The minimum Gasteiger partial charge on any atom is -0.313 e. The van der Waals surface area contributed by atoms with Gasteiger partial charge in [-0.05, 0) is 49.9 Å². The minimum atomic E-state index is 0.652. The topological polar surface area (TPSA) is 12.0 Å². The van der Waals surface area contributed by atoms with Crippen molar-refractivity contribution in [2.45, 2.75) is 56.4 Å². The smallest absolute Gasteiger partial charge is 0.0417 e. The van der Waals surface area contributed by atoms with Crippen LogP contribution in [0.5, 0.6) is 0 Å². The van der Waals surface area contributed by atoms with Crippen LogP contribution >= 0.6 is 23.4 Å². The highest BCUT2D eigenvalue weighted by Crippen LogP contribution is 2.30. The van der Waals surface area contributed by atoms with E-state index in [-0.39, 0.29) is 0 Å². The predicted octanol–water partition coefficient (Wildman–Crippen LogP) is 5.38. The molecule has 2 rings (SSSR count). The van der Waals surface area contributed by atoms with Crippen molar-refractivity contribution in [2.75, 3.05) is 12.3 Å². The van der Waals surface area contributed by atoms with Crippen molar-refractivity contribution in [2.24, 2.45) is 5.92 Å². The van der Waals surface area contributed by atoms with Gasteiger partial charge in [-0.2, -0.15) is 0 Å². The second-order valence-corrected chi connectivity index (χ2v) is 7.26. The van der Waals surface area contributed by atoms with Crippen molar-refractivity contribution in [1.82, 2.24) is 5.32 Å². The molecular formula is C17H26ClNS. The number of hydrogen-bond donors (Lipinski definition) is 1. The quantitative estimate of drug-likeness (QED) is 0.678. The maximum absolute atomic E-state index is 6.06. The van der Waals surface area contributed by atoms with E-state index in [0.717, 1.165) is 23.2 Å². The summed E-state index contributed by atoms with van der Waals surface area (Å²) in [5.41, 5.74) is 0. The fourth-order valence-corrected chi connectivity index (χ4v) is 4.37. The first-order valence-electron chi connectivity index (χ1n) is 7.91. The highest BCUT2D eigenvalue weighted by atomic mass is 35.5. The minimum absolute atomic E-state index is 0.652. The average molecular weight is 312 g/mol. The van der Waals surface area contributed by atoms with Gasteiger partial charge in [0.05, 0.1) is 0 Å². The molecule has 1 aromatic carbocycles. The van der Waals surface area contributed by atoms with Gasteiger partial charge in [0, 0.05) is 21.7 Å². The molecule has 1 fully saturated rings. The van der Waals surface area contributed by atoms with Crippen LogP contribution in [-0.2, 0) is 0 Å². The Morgan fingerprint density at radius 3 is 2.80 bits per heavy atom. The van der Waals surface area contributed by atoms with Gasteiger partial charge in [-0.25, -0.2) is 0 Å². The molecule has 0 heterocycles. The Labute approximate surface area is 132 Å². The van der Waals surface area contributed by atoms with Gasteiger partial charge in [0.25, 0.3) is 0 Å². The third-order valence-corrected chi connectivity index (χ3v) is 5.45. The lowest BCUT2D eigenvalue weighted by Gasteiger charge is -2.31. The highest BCUT2D eigenvalue weighted by Gasteiger charge is 2.23. The molecule has 1 N–H and O–H groups in total. The van der Waals surface area contributed by atoms with E-state index in [1.165, 1.54) is 43.4 Å². The number of halogens is 1. The van der Waals surface area contributed by atoms with Gasteiger partial charge in [0.1, 0.15) is 0 Å². The van der Waals surface area contributed by atoms with Gasteiger partial charge in [-0.15, -0.1) is 11.8 Å². The lowest BCUT2D eigenvalue weighted by Crippen LogP contribution is -2.39. The second-order valence-electron chi connectivity index (χ2n) is 5.73. The summed E-state index contributed by atoms with van der Waals surface area (Å²) in [5, 5.41) is 4.61. The van der Waals surface area contributed by atoms with E-state index in [0.29, 0.717) is 6.04 Å². The Morgan fingerprint density at radius 2 is 2.10 bits per heavy atom. The molecule has 0 radical (unpaired) electrons. The number of thioether (sulfide) groups is 1. The van der Waals surface area contributed by atoms with E-state index in [9.17, 15) is 0 Å². The fraction of sp³-hybridized carbons (Fsp3) is 0.647. The molecule has 1 atom stereocenters. The van der Waals surface area contributed by atoms with Crippen LogP contribution in [0.1, 0.15) is 45.4 Å². The first-order chi connectivity index (χ1) is 9.79. The van der Waals surface area contributed by atoms with Crippen molar-refractivity contribution in [3.8, 4) is 0 Å². The molecule has 1 unspecified atom stereocenters. The largest absolute Gasteiger partial charge is 0.313 e. The molecule has 0 bridgehead atoms. The summed E-state index contributed by atoms with van der Waals surface area (Å²) in [5.74, 6) is 2.02. The molecule has 1 nitrogen and oxygen atoms in total. The Bertz CT molecular complexity index is 390. The molecule has 3 heteroatoms. The molecule has 20 heavy (non-hydrogen) atoms. The summed E-state index contributed by atoms with van der Waals surface area (Å²) in [6.45, 7) is 3.38. The molecule has 112 valence electrons. The van der Waals surface area contributed by atoms with Crippen molar-refractivity contribution >= 4 is 23.4 Å². The number of benzene rings is 1. The Morgan fingerprint density at radius 1 is 1.30 bits per heavy atom. The maximum Gasteiger partial charge on any atom is 0.0417 e. The molecule has 0 aliphatic heterocycles. The molecule has 1 aliphatic carbocycles. The van der Waals surface area contributed by atoms with Crippen LogP contribution in [0.4, 0.5) is 0 Å². The zero-order valence-electron chi connectivity index (χ0n) is 12.4. The summed E-state index contributed by atoms with van der Waals surface area (Å²) in [6, 6.07) is 8.87. The van der Waals surface area contributed by atoms with Gasteiger partial charge in [0.2, 0.25) is 0 Å². The molecule has 0 saturated heterocycles. The van der Waals surface area contributed by atoms with Crippen LogP contribution in [-0.4, -0.2) is 18.3 Å². The van der Waals surface area contributed by atoms with E-state index < -0.39 is 0 Å². The Hall–Kier alpha value is -0.180. The lowest BCUT2D eigenvalue weighted by atomic mass is 9.84. The van der Waals surface area contributed by atoms with Crippen LogP contribution < -0.4 is 5.32 Å². The van der Waals surface area contributed by atoms with Crippen molar-refractivity contribution in [3.05, 3.63) is 29.3 Å². The fourth-order valence-electron chi connectivity index (χ4n) is 2.97. The van der Waals surface area contributed by atoms with E-state index in [2.05, 4.69) is 24.4 Å². The summed E-state index contributed by atoms with van der Waals surface area (Å²) in [6.07, 6.45) is 8.27. The number of rotatable bonds is 7. The van der Waals surface area contributed by atoms with Crippen LogP contribution in [0, 0.1) is 5.92 Å². The number of hydrogen-bond acceptors (Lipinski definition) is 2. The Kier molecular flexibility index (Phi) is 7.26. The molecule has 1 aliphatic rings. The monoisotopic (exact) mass is 311 g/mol. The van der Waals surface area contributed by atoms with E-state index >= 15 is 0 Å². The van der Waals surface area contributed by atoms with Gasteiger partial charge in [-0.3, -0.25) is 0 Å². The maximum atomic E-state index is 6.06. The molecule has 0 amide bonds. The normalized spacial score (nSPS) is 18.1.